The average Bonchev–Trinajstić information content (AvgIpc) is 3.42. The topological polar surface area (TPSA) is 92.8 Å². The van der Waals surface area contributed by atoms with E-state index in [1.54, 1.807) is 0 Å². The van der Waals surface area contributed by atoms with E-state index in [0.717, 1.165) is 0 Å². The van der Waals surface area contributed by atoms with Gasteiger partial charge >= 0.3 is 0 Å². The molecule has 2 amide bonds. The van der Waals surface area contributed by atoms with Crippen LogP contribution in [-0.2, 0) is 37.4 Å². The Bertz CT molecular complexity index is 984. The third-order valence-corrected chi connectivity index (χ3v) is 18.7. The Labute approximate surface area is 250 Å². The number of likely N-dealkylation sites (tertiary alicyclic amines) is 1. The molecule has 238 valence electrons. The van der Waals surface area contributed by atoms with Crippen LogP contribution in [0, 0.1) is 5.92 Å². The largest absolute Gasteiger partial charge is 0.410 e. The van der Waals surface area contributed by atoms with Gasteiger partial charge in [0, 0.05) is 6.92 Å². The minimum absolute atomic E-state index is 0.0854. The molecule has 3 aliphatic rings. The first-order valence-electron chi connectivity index (χ1n) is 15.1. The number of nitrogens with zero attached hydrogens (tertiary/aromatic N) is 1. The van der Waals surface area contributed by atoms with Crippen molar-refractivity contribution in [1.29, 1.82) is 0 Å². The molecule has 41 heavy (non-hydrogen) atoms. The monoisotopic (exact) mass is 615 g/mol. The van der Waals surface area contributed by atoms with Gasteiger partial charge in [-0.25, -0.2) is 0 Å². The lowest BCUT2D eigenvalue weighted by Crippen LogP contribution is -2.56. The van der Waals surface area contributed by atoms with E-state index in [1.165, 1.54) is 11.8 Å². The molecule has 6 atom stereocenters. The van der Waals surface area contributed by atoms with Crippen LogP contribution in [0.3, 0.4) is 0 Å². The predicted molar refractivity (Wildman–Crippen MR) is 163 cm³/mol. The highest BCUT2D eigenvalue weighted by molar-refractivity contribution is 6.74. The lowest BCUT2D eigenvalue weighted by molar-refractivity contribution is -0.161. The van der Waals surface area contributed by atoms with E-state index in [2.05, 4.69) is 67.7 Å². The molecule has 0 spiro atoms. The summed E-state index contributed by atoms with van der Waals surface area (Å²) >= 11 is 0. The van der Waals surface area contributed by atoms with E-state index in [-0.39, 0.29) is 21.9 Å². The van der Waals surface area contributed by atoms with E-state index in [0.29, 0.717) is 19.6 Å². The van der Waals surface area contributed by atoms with Gasteiger partial charge in [-0.1, -0.05) is 41.5 Å². The van der Waals surface area contributed by atoms with Crippen LogP contribution in [0.5, 0.6) is 0 Å². The van der Waals surface area contributed by atoms with Crippen molar-refractivity contribution in [1.82, 2.24) is 4.90 Å². The standard InChI is InChI=1S/C30H57NO8Si2/c1-19(32)31-21(25(23-18-35-30(10,11)37-23)39-41(14,15)28(5,6)7)16-20(26(31)33)24(22-17-34-29(8,9)36-22)38-40(12,13)27(2,3)4/h20-25H,16-18H2,1-15H3/t20-,21+,22+,23+,24-,25-/m0/s1. The Balaban J connectivity index is 2.06. The lowest BCUT2D eigenvalue weighted by atomic mass is 9.92. The van der Waals surface area contributed by atoms with Gasteiger partial charge in [0.15, 0.2) is 28.2 Å². The van der Waals surface area contributed by atoms with Crippen molar-refractivity contribution in [2.45, 2.75) is 161 Å². The molecule has 3 rings (SSSR count). The van der Waals surface area contributed by atoms with Crippen LogP contribution < -0.4 is 0 Å². The molecule has 0 aliphatic carbocycles. The summed E-state index contributed by atoms with van der Waals surface area (Å²) in [7, 11) is -4.69. The Morgan fingerprint density at radius 1 is 0.829 bits per heavy atom. The SMILES string of the molecule is CC(=O)N1C(=O)[C@H]([C@H](O[Si](C)(C)C(C)(C)C)[C@H]2COC(C)(C)O2)C[C@@H]1[C@H](O[Si](C)(C)C(C)(C)C)[C@H]1COC(C)(C)O1. The maximum absolute atomic E-state index is 14.3. The fraction of sp³-hybridized carbons (Fsp3) is 0.933. The molecule has 3 aliphatic heterocycles. The minimum Gasteiger partial charge on any atom is -0.410 e. The second kappa shape index (κ2) is 11.4. The zero-order valence-corrected chi connectivity index (χ0v) is 30.3. The highest BCUT2D eigenvalue weighted by Crippen LogP contribution is 2.45. The predicted octanol–water partition coefficient (Wildman–Crippen LogP) is 5.83. The molecule has 0 aromatic carbocycles. The Morgan fingerprint density at radius 3 is 1.56 bits per heavy atom. The molecule has 3 saturated heterocycles. The van der Waals surface area contributed by atoms with E-state index >= 15 is 0 Å². The van der Waals surface area contributed by atoms with Crippen molar-refractivity contribution < 1.29 is 37.4 Å². The van der Waals surface area contributed by atoms with Crippen LogP contribution in [0.2, 0.25) is 36.3 Å². The van der Waals surface area contributed by atoms with E-state index < -0.39 is 64.6 Å². The molecule has 0 aromatic heterocycles. The average molecular weight is 616 g/mol. The highest BCUT2D eigenvalue weighted by atomic mass is 28.4. The summed E-state index contributed by atoms with van der Waals surface area (Å²) in [5.74, 6) is -2.71. The molecule has 0 aromatic rings. The van der Waals surface area contributed by atoms with Gasteiger partial charge in [0.05, 0.1) is 37.4 Å². The number of hydrogen-bond acceptors (Lipinski definition) is 8. The smallest absolute Gasteiger partial charge is 0.235 e. The van der Waals surface area contributed by atoms with Gasteiger partial charge in [-0.15, -0.1) is 0 Å². The molecule has 3 fully saturated rings. The van der Waals surface area contributed by atoms with E-state index in [9.17, 15) is 9.59 Å². The van der Waals surface area contributed by atoms with Crippen molar-refractivity contribution in [2.24, 2.45) is 5.92 Å². The summed E-state index contributed by atoms with van der Waals surface area (Å²) in [4.78, 5) is 28.9. The molecule has 0 bridgehead atoms. The maximum Gasteiger partial charge on any atom is 0.235 e. The zero-order valence-electron chi connectivity index (χ0n) is 28.3. The number of rotatable bonds is 8. The first kappa shape index (κ1) is 34.8. The number of amides is 2. The number of carbonyl (C=O) groups is 2. The summed E-state index contributed by atoms with van der Waals surface area (Å²) in [6.07, 6.45) is -1.59. The molecule has 0 saturated carbocycles. The first-order chi connectivity index (χ1) is 18.3. The molecule has 11 heteroatoms. The van der Waals surface area contributed by atoms with Crippen molar-refractivity contribution in [3.05, 3.63) is 0 Å². The molecule has 9 nitrogen and oxygen atoms in total. The zero-order chi connectivity index (χ0) is 31.6. The second-order valence-electron chi connectivity index (χ2n) is 16.1. The minimum atomic E-state index is -2.35. The first-order valence-corrected chi connectivity index (χ1v) is 20.9. The quantitative estimate of drug-likeness (QED) is 0.315. The van der Waals surface area contributed by atoms with Crippen molar-refractivity contribution in [3.63, 3.8) is 0 Å². The fourth-order valence-corrected chi connectivity index (χ4v) is 8.05. The second-order valence-corrected chi connectivity index (χ2v) is 25.6. The van der Waals surface area contributed by atoms with Crippen molar-refractivity contribution in [3.8, 4) is 0 Å². The van der Waals surface area contributed by atoms with Gasteiger partial charge in [0.25, 0.3) is 0 Å². The van der Waals surface area contributed by atoms with Gasteiger partial charge < -0.3 is 27.8 Å². The van der Waals surface area contributed by atoms with E-state index in [1.807, 2.05) is 27.7 Å². The Hall–Kier alpha value is -0.666. The van der Waals surface area contributed by atoms with Gasteiger partial charge in [-0.05, 0) is 70.4 Å². The van der Waals surface area contributed by atoms with Crippen LogP contribution in [0.1, 0.15) is 82.6 Å². The number of imide groups is 1. The van der Waals surface area contributed by atoms with Crippen molar-refractivity contribution in [2.75, 3.05) is 13.2 Å². The molecule has 0 radical (unpaired) electrons. The number of hydrogen-bond donors (Lipinski definition) is 0. The van der Waals surface area contributed by atoms with Gasteiger partial charge in [0.1, 0.15) is 12.2 Å². The summed E-state index contributed by atoms with van der Waals surface area (Å²) < 4.78 is 38.6. The summed E-state index contributed by atoms with van der Waals surface area (Å²) in [5, 5.41) is -0.173. The van der Waals surface area contributed by atoms with Crippen LogP contribution in [0.4, 0.5) is 0 Å². The summed E-state index contributed by atoms with van der Waals surface area (Å²) in [5.41, 5.74) is 0. The van der Waals surface area contributed by atoms with Crippen LogP contribution in [0.25, 0.3) is 0 Å². The number of carbonyl (C=O) groups excluding carboxylic acids is 2. The fourth-order valence-electron chi connectivity index (χ4n) is 5.36. The van der Waals surface area contributed by atoms with E-state index in [4.69, 9.17) is 27.8 Å². The molecule has 0 unspecified atom stereocenters. The molecular weight excluding hydrogens is 559 g/mol. The molecule has 3 heterocycles. The third kappa shape index (κ3) is 7.53. The Kier molecular flexibility index (Phi) is 9.65. The summed E-state index contributed by atoms with van der Waals surface area (Å²) in [6.45, 7) is 31.4. The third-order valence-electron chi connectivity index (χ3n) is 9.76. The van der Waals surface area contributed by atoms with Gasteiger partial charge in [0.2, 0.25) is 11.8 Å². The lowest BCUT2D eigenvalue weighted by Gasteiger charge is -2.43. The number of ether oxygens (including phenoxy) is 4. The maximum atomic E-state index is 14.3. The highest BCUT2D eigenvalue weighted by Gasteiger charge is 2.58. The van der Waals surface area contributed by atoms with Gasteiger partial charge in [-0.3, -0.25) is 14.5 Å². The van der Waals surface area contributed by atoms with Crippen molar-refractivity contribution >= 4 is 28.4 Å². The van der Waals surface area contributed by atoms with Crippen LogP contribution >= 0.6 is 0 Å². The summed E-state index contributed by atoms with van der Waals surface area (Å²) in [6, 6.07) is -0.525. The Morgan fingerprint density at radius 2 is 1.22 bits per heavy atom. The normalized spacial score (nSPS) is 30.6. The van der Waals surface area contributed by atoms with Gasteiger partial charge in [-0.2, -0.15) is 0 Å². The molecular formula is C30H57NO8Si2. The molecule has 0 N–H and O–H groups in total. The van der Waals surface area contributed by atoms with Crippen LogP contribution in [0.15, 0.2) is 0 Å². The van der Waals surface area contributed by atoms with Crippen LogP contribution in [-0.4, -0.2) is 88.6 Å².